The predicted molar refractivity (Wildman–Crippen MR) is 120 cm³/mol. The summed E-state index contributed by atoms with van der Waals surface area (Å²) in [5.74, 6) is 0.585. The lowest BCUT2D eigenvalue weighted by Gasteiger charge is -2.30. The zero-order valence-corrected chi connectivity index (χ0v) is 17.7. The summed E-state index contributed by atoms with van der Waals surface area (Å²) in [5.41, 5.74) is 4.36. The maximum atomic E-state index is 12.7. The molecule has 0 aliphatic carbocycles. The minimum absolute atomic E-state index is 0.0383. The summed E-state index contributed by atoms with van der Waals surface area (Å²) in [4.78, 5) is 31.3. The molecule has 0 atom stereocenters. The van der Waals surface area contributed by atoms with Gasteiger partial charge in [-0.1, -0.05) is 24.3 Å². The molecule has 2 aliphatic heterocycles. The molecular formula is C23H24N4O2S. The molecule has 0 saturated carbocycles. The number of benzene rings is 2. The number of fused-ring (bicyclic) bond motifs is 2. The molecule has 2 aromatic carbocycles. The zero-order valence-electron chi connectivity index (χ0n) is 16.9. The van der Waals surface area contributed by atoms with Crippen LogP contribution in [0.3, 0.4) is 0 Å². The van der Waals surface area contributed by atoms with E-state index in [0.717, 1.165) is 47.0 Å². The van der Waals surface area contributed by atoms with Crippen molar-refractivity contribution >= 4 is 44.2 Å². The van der Waals surface area contributed by atoms with Crippen molar-refractivity contribution in [1.29, 1.82) is 0 Å². The summed E-state index contributed by atoms with van der Waals surface area (Å²) in [6.07, 6.45) is 2.86. The molecule has 0 unspecified atom stereocenters. The van der Waals surface area contributed by atoms with Crippen molar-refractivity contribution in [3.05, 3.63) is 53.1 Å². The Morgan fingerprint density at radius 2 is 2.07 bits per heavy atom. The van der Waals surface area contributed by atoms with Crippen LogP contribution in [-0.4, -0.2) is 34.8 Å². The summed E-state index contributed by atoms with van der Waals surface area (Å²) in [6.45, 7) is 5.61. The number of piperidine rings is 1. The lowest BCUT2D eigenvalue weighted by atomic mass is 9.99. The average Bonchev–Trinajstić information content (AvgIpc) is 3.30. The van der Waals surface area contributed by atoms with Crippen LogP contribution in [0.2, 0.25) is 0 Å². The first-order valence-corrected chi connectivity index (χ1v) is 11.2. The molecule has 2 aliphatic rings. The van der Waals surface area contributed by atoms with E-state index in [1.807, 2.05) is 6.07 Å². The molecule has 154 valence electrons. The number of amides is 2. The van der Waals surface area contributed by atoms with E-state index in [0.29, 0.717) is 17.1 Å². The van der Waals surface area contributed by atoms with Crippen LogP contribution >= 0.6 is 11.3 Å². The first-order chi connectivity index (χ1) is 14.5. The topological polar surface area (TPSA) is 74.3 Å². The molecule has 5 rings (SSSR count). The summed E-state index contributed by atoms with van der Waals surface area (Å²) >= 11 is 1.49. The van der Waals surface area contributed by atoms with E-state index in [2.05, 4.69) is 39.6 Å². The maximum absolute atomic E-state index is 12.7. The van der Waals surface area contributed by atoms with Gasteiger partial charge in [0.15, 0.2) is 5.13 Å². The molecule has 3 aromatic rings. The Labute approximate surface area is 179 Å². The van der Waals surface area contributed by atoms with E-state index in [-0.39, 0.29) is 11.8 Å². The van der Waals surface area contributed by atoms with E-state index in [1.54, 1.807) is 18.2 Å². The van der Waals surface area contributed by atoms with Gasteiger partial charge in [-0.2, -0.15) is 0 Å². The van der Waals surface area contributed by atoms with Crippen molar-refractivity contribution in [2.24, 2.45) is 5.92 Å². The number of nitrogens with zero attached hydrogens (tertiary/aromatic N) is 2. The van der Waals surface area contributed by atoms with E-state index in [4.69, 9.17) is 0 Å². The number of carbonyl (C=O) groups excluding carboxylic acids is 2. The number of thiazole rings is 1. The summed E-state index contributed by atoms with van der Waals surface area (Å²) in [5, 5.41) is 6.28. The highest BCUT2D eigenvalue weighted by Crippen LogP contribution is 2.29. The van der Waals surface area contributed by atoms with Crippen LogP contribution in [0, 0.1) is 5.92 Å². The van der Waals surface area contributed by atoms with Crippen LogP contribution in [-0.2, 0) is 17.8 Å². The Kier molecular flexibility index (Phi) is 5.00. The molecule has 0 radical (unpaired) electrons. The van der Waals surface area contributed by atoms with Gasteiger partial charge >= 0.3 is 0 Å². The van der Waals surface area contributed by atoms with Crippen LogP contribution in [0.4, 0.5) is 10.8 Å². The molecule has 1 aromatic heterocycles. The molecule has 0 spiro atoms. The second-order valence-electron chi connectivity index (χ2n) is 8.33. The fraction of sp³-hybridized carbons (Fsp3) is 0.348. The molecule has 3 heterocycles. The quantitative estimate of drug-likeness (QED) is 0.661. The van der Waals surface area contributed by atoms with Crippen molar-refractivity contribution in [3.8, 4) is 0 Å². The van der Waals surface area contributed by atoms with Gasteiger partial charge < -0.3 is 5.32 Å². The SMILES string of the molecule is CC1CCN(Cc2ccc3nc(NC(=O)c4ccc5c(c4)CC(=O)N5)sc3c2)CC1. The first-order valence-electron chi connectivity index (χ1n) is 10.4. The minimum atomic E-state index is -0.209. The lowest BCUT2D eigenvalue weighted by molar-refractivity contribution is -0.115. The lowest BCUT2D eigenvalue weighted by Crippen LogP contribution is -2.32. The molecule has 1 saturated heterocycles. The highest BCUT2D eigenvalue weighted by atomic mass is 32.1. The van der Waals surface area contributed by atoms with Crippen LogP contribution in [0.25, 0.3) is 10.2 Å². The number of hydrogen-bond donors (Lipinski definition) is 2. The Hall–Kier alpha value is -2.77. The largest absolute Gasteiger partial charge is 0.326 e. The number of hydrogen-bond acceptors (Lipinski definition) is 5. The Balaban J connectivity index is 1.29. The smallest absolute Gasteiger partial charge is 0.257 e. The fourth-order valence-corrected chi connectivity index (χ4v) is 5.06. The molecule has 6 nitrogen and oxygen atoms in total. The highest BCUT2D eigenvalue weighted by Gasteiger charge is 2.20. The monoisotopic (exact) mass is 420 g/mol. The second-order valence-corrected chi connectivity index (χ2v) is 9.36. The Morgan fingerprint density at radius 3 is 2.90 bits per heavy atom. The van der Waals surface area contributed by atoms with Crippen molar-refractivity contribution in [2.75, 3.05) is 23.7 Å². The van der Waals surface area contributed by atoms with Gasteiger partial charge in [-0.05, 0) is 73.3 Å². The number of carbonyl (C=O) groups is 2. The summed E-state index contributed by atoms with van der Waals surface area (Å²) in [7, 11) is 0. The van der Waals surface area contributed by atoms with Gasteiger partial charge in [0.2, 0.25) is 5.91 Å². The third kappa shape index (κ3) is 3.95. The van der Waals surface area contributed by atoms with E-state index >= 15 is 0 Å². The average molecular weight is 421 g/mol. The van der Waals surface area contributed by atoms with Crippen LogP contribution in [0.15, 0.2) is 36.4 Å². The minimum Gasteiger partial charge on any atom is -0.326 e. The van der Waals surface area contributed by atoms with E-state index < -0.39 is 0 Å². The Morgan fingerprint density at radius 1 is 1.23 bits per heavy atom. The molecule has 7 heteroatoms. The molecular weight excluding hydrogens is 396 g/mol. The van der Waals surface area contributed by atoms with Crippen molar-refractivity contribution in [3.63, 3.8) is 0 Å². The van der Waals surface area contributed by atoms with Crippen LogP contribution in [0.5, 0.6) is 0 Å². The number of nitrogens with one attached hydrogen (secondary N) is 2. The van der Waals surface area contributed by atoms with Gasteiger partial charge in [0, 0.05) is 17.8 Å². The third-order valence-corrected chi connectivity index (χ3v) is 6.88. The van der Waals surface area contributed by atoms with E-state index in [1.165, 1.54) is 29.7 Å². The van der Waals surface area contributed by atoms with E-state index in [9.17, 15) is 9.59 Å². The maximum Gasteiger partial charge on any atom is 0.257 e. The molecule has 0 bridgehead atoms. The van der Waals surface area contributed by atoms with Gasteiger partial charge in [0.05, 0.1) is 16.6 Å². The molecule has 1 fully saturated rings. The van der Waals surface area contributed by atoms with Crippen molar-refractivity contribution < 1.29 is 9.59 Å². The van der Waals surface area contributed by atoms with Crippen molar-refractivity contribution in [2.45, 2.75) is 32.7 Å². The normalized spacial score (nSPS) is 17.2. The predicted octanol–water partition coefficient (Wildman–Crippen LogP) is 4.28. The number of likely N-dealkylation sites (tertiary alicyclic amines) is 1. The van der Waals surface area contributed by atoms with Crippen LogP contribution < -0.4 is 10.6 Å². The first kappa shape index (κ1) is 19.2. The zero-order chi connectivity index (χ0) is 20.7. The molecule has 2 amide bonds. The molecule has 2 N–H and O–H groups in total. The van der Waals surface area contributed by atoms with Gasteiger partial charge in [0.1, 0.15) is 0 Å². The summed E-state index contributed by atoms with van der Waals surface area (Å²) < 4.78 is 1.08. The van der Waals surface area contributed by atoms with Gasteiger partial charge in [-0.25, -0.2) is 4.98 Å². The number of aromatic nitrogens is 1. The number of anilines is 2. The number of rotatable bonds is 4. The summed E-state index contributed by atoms with van der Waals surface area (Å²) in [6, 6.07) is 11.6. The standard InChI is InChI=1S/C23H24N4O2S/c1-14-6-8-27(9-7-14)13-15-2-4-19-20(10-15)30-23(25-19)26-22(29)16-3-5-18-17(11-16)12-21(28)24-18/h2-5,10-11,14H,6-9,12-13H2,1H3,(H,24,28)(H,25,26,29). The molecule has 30 heavy (non-hydrogen) atoms. The third-order valence-electron chi connectivity index (χ3n) is 5.95. The van der Waals surface area contributed by atoms with Gasteiger partial charge in [-0.3, -0.25) is 19.8 Å². The van der Waals surface area contributed by atoms with Gasteiger partial charge in [0.25, 0.3) is 5.91 Å². The fourth-order valence-electron chi connectivity index (χ4n) is 4.14. The Bertz CT molecular complexity index is 1130. The van der Waals surface area contributed by atoms with Crippen molar-refractivity contribution in [1.82, 2.24) is 9.88 Å². The second kappa shape index (κ2) is 7.81. The van der Waals surface area contributed by atoms with Crippen LogP contribution in [0.1, 0.15) is 41.3 Å². The highest BCUT2D eigenvalue weighted by molar-refractivity contribution is 7.22. The van der Waals surface area contributed by atoms with Gasteiger partial charge in [-0.15, -0.1) is 0 Å².